The highest BCUT2D eigenvalue weighted by Crippen LogP contribution is 2.32. The largest absolute Gasteiger partial charge is 0.353 e. The molecule has 0 radical (unpaired) electrons. The number of nitro groups is 1. The minimum absolute atomic E-state index is 0.100. The van der Waals surface area contributed by atoms with Crippen LogP contribution in [0.3, 0.4) is 0 Å². The maximum Gasteiger partial charge on any atom is 0.345 e. The van der Waals surface area contributed by atoms with Gasteiger partial charge in [0.15, 0.2) is 5.13 Å². The highest BCUT2D eigenvalue weighted by molar-refractivity contribution is 7.18. The first kappa shape index (κ1) is 21.7. The molecule has 5 rings (SSSR count). The van der Waals surface area contributed by atoms with Gasteiger partial charge in [-0.25, -0.2) is 9.97 Å². The third-order valence-corrected chi connectivity index (χ3v) is 6.53. The normalized spacial score (nSPS) is 11.2. The van der Waals surface area contributed by atoms with Crippen LogP contribution in [0.4, 0.5) is 10.1 Å². The molecule has 34 heavy (non-hydrogen) atoms. The summed E-state index contributed by atoms with van der Waals surface area (Å²) in [6.45, 7) is 2.06. The van der Waals surface area contributed by atoms with Crippen LogP contribution >= 0.6 is 11.3 Å². The lowest BCUT2D eigenvalue weighted by molar-refractivity contribution is -0.380. The van der Waals surface area contributed by atoms with Gasteiger partial charge in [0.2, 0.25) is 5.91 Å². The zero-order chi connectivity index (χ0) is 23.7. The van der Waals surface area contributed by atoms with Crippen LogP contribution < -0.4 is 5.32 Å². The van der Waals surface area contributed by atoms with Crippen molar-refractivity contribution in [2.75, 3.05) is 5.32 Å². The van der Waals surface area contributed by atoms with Gasteiger partial charge in [0.1, 0.15) is 6.20 Å². The molecule has 0 unspecified atom stereocenters. The SMILES string of the molecule is Cc1ccc2[nH]c(-c3ccc4ccccc4n3)c(CCCC(=O)Nc3ncc([N+](=O)[O-])s3)c2c1. The summed E-state index contributed by atoms with van der Waals surface area (Å²) in [4.78, 5) is 35.0. The molecule has 3 aromatic heterocycles. The van der Waals surface area contributed by atoms with Gasteiger partial charge in [-0.15, -0.1) is 0 Å². The Morgan fingerprint density at radius 3 is 2.85 bits per heavy atom. The number of thiazole rings is 1. The van der Waals surface area contributed by atoms with Gasteiger partial charge in [-0.2, -0.15) is 0 Å². The van der Waals surface area contributed by atoms with Crippen molar-refractivity contribution in [2.45, 2.75) is 26.2 Å². The first-order valence-corrected chi connectivity index (χ1v) is 11.7. The summed E-state index contributed by atoms with van der Waals surface area (Å²) in [6, 6.07) is 18.4. The number of nitrogens with one attached hydrogen (secondary N) is 2. The highest BCUT2D eigenvalue weighted by atomic mass is 32.1. The maximum absolute atomic E-state index is 12.4. The molecule has 2 aromatic carbocycles. The molecule has 0 saturated heterocycles. The topological polar surface area (TPSA) is 114 Å². The van der Waals surface area contributed by atoms with Crippen LogP contribution in [0.2, 0.25) is 0 Å². The quantitative estimate of drug-likeness (QED) is 0.223. The summed E-state index contributed by atoms with van der Waals surface area (Å²) >= 11 is 0.849. The molecule has 0 saturated carbocycles. The van der Waals surface area contributed by atoms with E-state index in [0.717, 1.165) is 61.9 Å². The van der Waals surface area contributed by atoms with Crippen LogP contribution in [-0.4, -0.2) is 25.8 Å². The Kier molecular flexibility index (Phi) is 5.77. The van der Waals surface area contributed by atoms with Gasteiger partial charge in [-0.05, 0) is 60.9 Å². The van der Waals surface area contributed by atoms with E-state index in [1.54, 1.807) is 0 Å². The van der Waals surface area contributed by atoms with Crippen LogP contribution in [0.1, 0.15) is 24.0 Å². The lowest BCUT2D eigenvalue weighted by Crippen LogP contribution is -2.11. The van der Waals surface area contributed by atoms with Crippen molar-refractivity contribution in [1.82, 2.24) is 15.0 Å². The summed E-state index contributed by atoms with van der Waals surface area (Å²) in [6.07, 6.45) is 2.72. The predicted molar refractivity (Wildman–Crippen MR) is 134 cm³/mol. The van der Waals surface area contributed by atoms with Crippen molar-refractivity contribution in [1.29, 1.82) is 0 Å². The smallest absolute Gasteiger partial charge is 0.345 e. The number of amides is 1. The minimum atomic E-state index is -0.519. The monoisotopic (exact) mass is 471 g/mol. The van der Waals surface area contributed by atoms with E-state index < -0.39 is 4.92 Å². The molecule has 0 spiro atoms. The Balaban J connectivity index is 1.38. The number of aromatic amines is 1. The lowest BCUT2D eigenvalue weighted by atomic mass is 10.0. The van der Waals surface area contributed by atoms with Gasteiger partial charge in [-0.1, -0.05) is 35.9 Å². The molecule has 1 amide bonds. The van der Waals surface area contributed by atoms with Crippen LogP contribution in [0, 0.1) is 17.0 Å². The first-order chi connectivity index (χ1) is 16.5. The Hall–Kier alpha value is -4.11. The fourth-order valence-corrected chi connectivity index (χ4v) is 4.71. The summed E-state index contributed by atoms with van der Waals surface area (Å²) in [5.74, 6) is -0.217. The molecule has 0 aliphatic rings. The van der Waals surface area contributed by atoms with Crippen molar-refractivity contribution in [3.8, 4) is 11.4 Å². The molecule has 9 heteroatoms. The van der Waals surface area contributed by atoms with Crippen LogP contribution in [0.15, 0.2) is 60.8 Å². The maximum atomic E-state index is 12.4. The number of aromatic nitrogens is 3. The van der Waals surface area contributed by atoms with E-state index in [4.69, 9.17) is 4.98 Å². The molecular formula is C25H21N5O3S. The Bertz CT molecular complexity index is 1540. The number of fused-ring (bicyclic) bond motifs is 2. The van der Waals surface area contributed by atoms with E-state index in [1.807, 2.05) is 30.3 Å². The van der Waals surface area contributed by atoms with Crippen LogP contribution in [-0.2, 0) is 11.2 Å². The van der Waals surface area contributed by atoms with Crippen molar-refractivity contribution in [3.63, 3.8) is 0 Å². The number of anilines is 1. The summed E-state index contributed by atoms with van der Waals surface area (Å²) < 4.78 is 0. The average Bonchev–Trinajstić information content (AvgIpc) is 3.44. The molecule has 2 N–H and O–H groups in total. The second-order valence-electron chi connectivity index (χ2n) is 8.08. The molecule has 0 aliphatic carbocycles. The average molecular weight is 472 g/mol. The zero-order valence-electron chi connectivity index (χ0n) is 18.4. The lowest BCUT2D eigenvalue weighted by Gasteiger charge is -2.07. The number of carbonyl (C=O) groups is 1. The first-order valence-electron chi connectivity index (χ1n) is 10.9. The number of hydrogen-bond acceptors (Lipinski definition) is 6. The van der Waals surface area contributed by atoms with Gasteiger partial charge in [0.25, 0.3) is 0 Å². The van der Waals surface area contributed by atoms with Gasteiger partial charge in [0.05, 0.1) is 21.8 Å². The molecule has 0 bridgehead atoms. The molecule has 3 heterocycles. The van der Waals surface area contributed by atoms with Crippen LogP contribution in [0.5, 0.6) is 0 Å². The summed E-state index contributed by atoms with van der Waals surface area (Å²) in [5, 5.41) is 15.8. The number of hydrogen-bond donors (Lipinski definition) is 2. The molecule has 0 fully saturated rings. The van der Waals surface area contributed by atoms with E-state index in [9.17, 15) is 14.9 Å². The van der Waals surface area contributed by atoms with Crippen LogP contribution in [0.25, 0.3) is 33.2 Å². The van der Waals surface area contributed by atoms with Gasteiger partial charge in [0, 0.05) is 22.7 Å². The Morgan fingerprint density at radius 2 is 2.03 bits per heavy atom. The number of pyridine rings is 1. The number of para-hydroxylation sites is 1. The highest BCUT2D eigenvalue weighted by Gasteiger charge is 2.17. The van der Waals surface area contributed by atoms with Crippen molar-refractivity contribution >= 4 is 49.2 Å². The molecule has 5 aromatic rings. The fourth-order valence-electron chi connectivity index (χ4n) is 4.06. The Morgan fingerprint density at radius 1 is 1.18 bits per heavy atom. The van der Waals surface area contributed by atoms with E-state index >= 15 is 0 Å². The van der Waals surface area contributed by atoms with Crippen molar-refractivity contribution < 1.29 is 9.72 Å². The summed E-state index contributed by atoms with van der Waals surface area (Å²) in [7, 11) is 0. The number of rotatable bonds is 7. The second-order valence-corrected chi connectivity index (χ2v) is 9.09. The van der Waals surface area contributed by atoms with Crippen molar-refractivity contribution in [3.05, 3.63) is 82.0 Å². The third-order valence-electron chi connectivity index (χ3n) is 5.67. The van der Waals surface area contributed by atoms with Gasteiger partial charge < -0.3 is 10.3 Å². The summed E-state index contributed by atoms with van der Waals surface area (Å²) in [5.41, 5.74) is 6.07. The molecule has 8 nitrogen and oxygen atoms in total. The molecule has 170 valence electrons. The standard InChI is InChI=1S/C25H21N5O3S/c1-15-9-11-20-18(13-15)17(6-4-8-22(31)29-25-26-14-23(34-25)30(32)33)24(28-20)21-12-10-16-5-2-3-7-19(16)27-21/h2-3,5,7,9-14,28H,4,6,8H2,1H3,(H,26,29,31). The number of carbonyl (C=O) groups excluding carboxylic acids is 1. The molecule has 0 aliphatic heterocycles. The van der Waals surface area contributed by atoms with E-state index in [1.165, 1.54) is 0 Å². The van der Waals surface area contributed by atoms with E-state index in [-0.39, 0.29) is 22.5 Å². The van der Waals surface area contributed by atoms with E-state index in [0.29, 0.717) is 12.8 Å². The van der Waals surface area contributed by atoms with Gasteiger partial charge in [-0.3, -0.25) is 14.9 Å². The Labute approximate surface area is 198 Å². The number of benzene rings is 2. The number of aryl methyl sites for hydroxylation is 2. The third kappa shape index (κ3) is 4.38. The second kappa shape index (κ2) is 9.03. The molecular weight excluding hydrogens is 450 g/mol. The molecule has 0 atom stereocenters. The number of nitrogens with zero attached hydrogens (tertiary/aromatic N) is 3. The van der Waals surface area contributed by atoms with Gasteiger partial charge >= 0.3 is 5.00 Å². The minimum Gasteiger partial charge on any atom is -0.353 e. The van der Waals surface area contributed by atoms with Crippen molar-refractivity contribution in [2.24, 2.45) is 0 Å². The fraction of sp³-hybridized carbons (Fsp3) is 0.160. The number of H-pyrrole nitrogens is 1. The van der Waals surface area contributed by atoms with E-state index in [2.05, 4.69) is 46.5 Å². The zero-order valence-corrected chi connectivity index (χ0v) is 19.2. The predicted octanol–water partition coefficient (Wildman–Crippen LogP) is 6.02.